The molecule has 2 heterocycles. The number of hydrogen-bond donors (Lipinski definition) is 1. The van der Waals surface area contributed by atoms with Gasteiger partial charge in [0.15, 0.2) is 0 Å². The summed E-state index contributed by atoms with van der Waals surface area (Å²) >= 11 is 9.29. The molecule has 0 fully saturated rings. The normalized spacial score (nSPS) is 16.8. The van der Waals surface area contributed by atoms with E-state index in [0.717, 1.165) is 34.2 Å². The Kier molecular flexibility index (Phi) is 5.73. The van der Waals surface area contributed by atoms with E-state index >= 15 is 0 Å². The van der Waals surface area contributed by atoms with Gasteiger partial charge in [-0.2, -0.15) is 0 Å². The van der Waals surface area contributed by atoms with Gasteiger partial charge in [0, 0.05) is 10.1 Å². The number of fused-ring (bicyclic) bond motifs is 2. The minimum atomic E-state index is -0.361. The van der Waals surface area contributed by atoms with Crippen LogP contribution >= 0.6 is 34.7 Å². The van der Waals surface area contributed by atoms with Gasteiger partial charge in [-0.1, -0.05) is 65.8 Å². The van der Waals surface area contributed by atoms with Crippen LogP contribution < -0.4 is 5.32 Å². The minimum absolute atomic E-state index is 0.0358. The number of rotatable bonds is 5. The number of carbonyl (C=O) groups is 1. The zero-order valence-corrected chi connectivity index (χ0v) is 19.2. The number of amides is 1. The molecule has 0 bridgehead atoms. The van der Waals surface area contributed by atoms with Crippen LogP contribution in [-0.2, 0) is 11.2 Å². The van der Waals surface area contributed by atoms with Crippen LogP contribution in [0.2, 0.25) is 5.02 Å². The van der Waals surface area contributed by atoms with E-state index in [1.165, 1.54) is 34.2 Å². The summed E-state index contributed by atoms with van der Waals surface area (Å²) in [5.74, 6) is 0.342. The lowest BCUT2D eigenvalue weighted by molar-refractivity contribution is -0.121. The Hall–Kier alpha value is -2.35. The van der Waals surface area contributed by atoms with Crippen molar-refractivity contribution < 1.29 is 9.21 Å². The maximum Gasteiger partial charge on any atom is 0.277 e. The van der Waals surface area contributed by atoms with Gasteiger partial charge in [0.05, 0.1) is 16.3 Å². The van der Waals surface area contributed by atoms with Crippen LogP contribution in [-0.4, -0.2) is 21.4 Å². The number of aromatic nitrogens is 2. The van der Waals surface area contributed by atoms with Crippen LogP contribution in [0.15, 0.2) is 58.2 Å². The summed E-state index contributed by atoms with van der Waals surface area (Å²) in [5, 5.41) is 13.1. The maximum absolute atomic E-state index is 12.8. The summed E-state index contributed by atoms with van der Waals surface area (Å²) in [4.78, 5) is 13.6. The molecule has 5 nitrogen and oxygen atoms in total. The predicted octanol–water partition coefficient (Wildman–Crippen LogP) is 6.28. The topological polar surface area (TPSA) is 68.0 Å². The van der Waals surface area contributed by atoms with E-state index in [-0.39, 0.29) is 17.2 Å². The first kappa shape index (κ1) is 20.5. The third-order valence-electron chi connectivity index (χ3n) is 5.47. The van der Waals surface area contributed by atoms with E-state index in [2.05, 4.69) is 33.7 Å². The second-order valence-electron chi connectivity index (χ2n) is 7.53. The van der Waals surface area contributed by atoms with Gasteiger partial charge >= 0.3 is 0 Å². The molecule has 0 saturated carbocycles. The second-order valence-corrected chi connectivity index (χ2v) is 10.2. The Bertz CT molecular complexity index is 1250. The highest BCUT2D eigenvalue weighted by atomic mass is 35.5. The van der Waals surface area contributed by atoms with Crippen molar-refractivity contribution >= 4 is 50.7 Å². The highest BCUT2D eigenvalue weighted by Crippen LogP contribution is 2.42. The quantitative estimate of drug-likeness (QED) is 0.348. The molecule has 1 N–H and O–H groups in total. The van der Waals surface area contributed by atoms with Crippen molar-refractivity contribution in [1.29, 1.82) is 0 Å². The molecule has 0 spiro atoms. The van der Waals surface area contributed by atoms with Gasteiger partial charge in [0.2, 0.25) is 5.91 Å². The summed E-state index contributed by atoms with van der Waals surface area (Å²) in [6.07, 6.45) is 3.10. The molecule has 0 aliphatic heterocycles. The first-order valence-electron chi connectivity index (χ1n) is 10.2. The Morgan fingerprint density at radius 2 is 2.03 bits per heavy atom. The Morgan fingerprint density at radius 1 is 1.23 bits per heavy atom. The molecule has 4 aromatic rings. The van der Waals surface area contributed by atoms with Gasteiger partial charge in [-0.25, -0.2) is 0 Å². The van der Waals surface area contributed by atoms with Crippen molar-refractivity contribution in [3.05, 3.63) is 64.7 Å². The van der Waals surface area contributed by atoms with Gasteiger partial charge in [-0.3, -0.25) is 4.79 Å². The van der Waals surface area contributed by atoms with Crippen molar-refractivity contribution in [3.8, 4) is 10.8 Å². The number of aryl methyl sites for hydroxylation is 1. The third-order valence-corrected chi connectivity index (χ3v) is 8.07. The number of nitrogens with one attached hydrogen (secondary N) is 1. The van der Waals surface area contributed by atoms with Crippen LogP contribution in [0.1, 0.15) is 36.9 Å². The molecule has 5 rings (SSSR count). The summed E-state index contributed by atoms with van der Waals surface area (Å²) in [6, 6.07) is 16.3. The fourth-order valence-electron chi connectivity index (χ4n) is 3.90. The fraction of sp³-hybridized carbons (Fsp3) is 0.261. The largest absolute Gasteiger partial charge is 0.410 e. The van der Waals surface area contributed by atoms with E-state index in [9.17, 15) is 4.79 Å². The number of carbonyl (C=O) groups excluding carboxylic acids is 1. The molecule has 2 aromatic heterocycles. The van der Waals surface area contributed by atoms with Gasteiger partial charge < -0.3 is 9.73 Å². The average Bonchev–Trinajstić information content (AvgIpc) is 3.38. The predicted molar refractivity (Wildman–Crippen MR) is 126 cm³/mol. The summed E-state index contributed by atoms with van der Waals surface area (Å²) in [7, 11) is 0. The number of halogens is 1. The summed E-state index contributed by atoms with van der Waals surface area (Å²) < 4.78 is 6.90. The SMILES string of the molecule is C[C@H](Sc1nnc(-c2sc3ccccc3c2Cl)o1)C(=O)N[C@@H]1CCCc2ccccc21. The Morgan fingerprint density at radius 3 is 2.90 bits per heavy atom. The summed E-state index contributed by atoms with van der Waals surface area (Å²) in [6.45, 7) is 1.85. The number of thiophene rings is 1. The Labute approximate surface area is 193 Å². The van der Waals surface area contributed by atoms with Crippen LogP contribution in [0, 0.1) is 0 Å². The van der Waals surface area contributed by atoms with Crippen molar-refractivity contribution in [3.63, 3.8) is 0 Å². The molecule has 2 aromatic carbocycles. The van der Waals surface area contributed by atoms with Gasteiger partial charge in [0.25, 0.3) is 11.1 Å². The molecular formula is C23H20ClN3O2S2. The minimum Gasteiger partial charge on any atom is -0.410 e. The van der Waals surface area contributed by atoms with E-state index < -0.39 is 0 Å². The molecule has 0 saturated heterocycles. The Balaban J connectivity index is 1.28. The fourth-order valence-corrected chi connectivity index (χ4v) is 6.02. The number of hydrogen-bond acceptors (Lipinski definition) is 6. The standard InChI is InChI=1S/C23H20ClN3O2S2/c1-13(21(28)25-17-11-6-8-14-7-2-3-9-15(14)17)30-23-27-26-22(29-23)20-19(24)16-10-4-5-12-18(16)31-20/h2-5,7,9-10,12-13,17H,6,8,11H2,1H3,(H,25,28)/t13-,17+/m0/s1. The van der Waals surface area contributed by atoms with Crippen LogP contribution in [0.5, 0.6) is 0 Å². The van der Waals surface area contributed by atoms with Gasteiger partial charge in [0.1, 0.15) is 4.88 Å². The first-order chi connectivity index (χ1) is 15.1. The molecule has 1 aliphatic carbocycles. The van der Waals surface area contributed by atoms with E-state index in [1.54, 1.807) is 0 Å². The monoisotopic (exact) mass is 469 g/mol. The number of thioether (sulfide) groups is 1. The molecule has 158 valence electrons. The number of nitrogens with zero attached hydrogens (tertiary/aromatic N) is 2. The first-order valence-corrected chi connectivity index (χ1v) is 12.2. The lowest BCUT2D eigenvalue weighted by Crippen LogP contribution is -2.35. The molecule has 31 heavy (non-hydrogen) atoms. The molecule has 8 heteroatoms. The zero-order chi connectivity index (χ0) is 21.4. The molecular weight excluding hydrogens is 450 g/mol. The van der Waals surface area contributed by atoms with Gasteiger partial charge in [-0.15, -0.1) is 21.5 Å². The van der Waals surface area contributed by atoms with Gasteiger partial charge in [-0.05, 0) is 43.4 Å². The lowest BCUT2D eigenvalue weighted by atomic mass is 9.88. The van der Waals surface area contributed by atoms with Crippen LogP contribution in [0.25, 0.3) is 20.9 Å². The molecule has 1 amide bonds. The molecule has 2 atom stereocenters. The van der Waals surface area contributed by atoms with Crippen LogP contribution in [0.3, 0.4) is 0 Å². The molecule has 0 unspecified atom stereocenters. The zero-order valence-electron chi connectivity index (χ0n) is 16.8. The van der Waals surface area contributed by atoms with E-state index in [0.29, 0.717) is 16.1 Å². The molecule has 0 radical (unpaired) electrons. The smallest absolute Gasteiger partial charge is 0.277 e. The van der Waals surface area contributed by atoms with Crippen molar-refractivity contribution in [1.82, 2.24) is 15.5 Å². The van der Waals surface area contributed by atoms with Crippen molar-refractivity contribution in [2.75, 3.05) is 0 Å². The summed E-state index contributed by atoms with van der Waals surface area (Å²) in [5.41, 5.74) is 2.54. The molecule has 1 aliphatic rings. The van der Waals surface area contributed by atoms with Crippen LogP contribution in [0.4, 0.5) is 0 Å². The lowest BCUT2D eigenvalue weighted by Gasteiger charge is -2.27. The maximum atomic E-state index is 12.8. The highest BCUT2D eigenvalue weighted by molar-refractivity contribution is 8.00. The average molecular weight is 470 g/mol. The van der Waals surface area contributed by atoms with Crippen molar-refractivity contribution in [2.24, 2.45) is 0 Å². The van der Waals surface area contributed by atoms with E-state index in [4.69, 9.17) is 16.0 Å². The highest BCUT2D eigenvalue weighted by Gasteiger charge is 2.26. The van der Waals surface area contributed by atoms with E-state index in [1.807, 2.05) is 37.3 Å². The number of benzene rings is 2. The third kappa shape index (κ3) is 4.10. The second kappa shape index (κ2) is 8.65. The van der Waals surface area contributed by atoms with Crippen molar-refractivity contribution in [2.45, 2.75) is 42.7 Å².